The number of carbonyl (C=O) groups excluding carboxylic acids is 3. The number of hydrogen-bond donors (Lipinski definition) is 0. The minimum Gasteiger partial charge on any atom is -0.462 e. The van der Waals surface area contributed by atoms with E-state index >= 15 is 0 Å². The summed E-state index contributed by atoms with van der Waals surface area (Å²) in [5, 5.41) is 0. The summed E-state index contributed by atoms with van der Waals surface area (Å²) in [4.78, 5) is 38.3. The van der Waals surface area contributed by atoms with Crippen molar-refractivity contribution >= 4 is 17.9 Å². The van der Waals surface area contributed by atoms with E-state index in [1.165, 1.54) is 289 Å². The van der Waals surface area contributed by atoms with E-state index in [0.717, 1.165) is 77.0 Å². The summed E-state index contributed by atoms with van der Waals surface area (Å²) in [6.07, 6.45) is 83.8. The number of carbonyl (C=O) groups is 3. The summed E-state index contributed by atoms with van der Waals surface area (Å²) in [6, 6.07) is 0. The fourth-order valence-electron chi connectivity index (χ4n) is 11.1. The lowest BCUT2D eigenvalue weighted by Crippen LogP contribution is -2.30. The summed E-state index contributed by atoms with van der Waals surface area (Å²) < 4.78 is 16.9. The van der Waals surface area contributed by atoms with Gasteiger partial charge in [0.25, 0.3) is 0 Å². The standard InChI is InChI=1S/C73H138O6/c1-4-7-10-13-16-19-22-25-27-28-29-30-31-32-33-34-35-36-37-38-39-40-41-42-43-44-45-47-48-51-54-57-60-63-66-72(75)78-69-70(68-77-71(74)65-62-59-56-53-50-24-21-18-15-12-9-6-3)79-73(76)67-64-61-58-55-52-49-46-26-23-20-17-14-11-8-5-2/h17,20,26,46,70H,4-16,18-19,21-25,27-45,47-69H2,1-3H3/b20-17-,46-26-. The van der Waals surface area contributed by atoms with Crippen LogP contribution in [0.2, 0.25) is 0 Å². The van der Waals surface area contributed by atoms with Gasteiger partial charge in [0.2, 0.25) is 0 Å². The second-order valence-electron chi connectivity index (χ2n) is 24.5. The smallest absolute Gasteiger partial charge is 0.306 e. The Kier molecular flexibility index (Phi) is 66.6. The largest absolute Gasteiger partial charge is 0.462 e. The molecular formula is C73H138O6. The van der Waals surface area contributed by atoms with Gasteiger partial charge in [-0.3, -0.25) is 14.4 Å². The van der Waals surface area contributed by atoms with Crippen LogP contribution in [-0.4, -0.2) is 37.2 Å². The van der Waals surface area contributed by atoms with Crippen molar-refractivity contribution in [2.75, 3.05) is 13.2 Å². The van der Waals surface area contributed by atoms with Gasteiger partial charge in [-0.05, 0) is 51.4 Å². The zero-order valence-corrected chi connectivity index (χ0v) is 53.7. The summed E-state index contributed by atoms with van der Waals surface area (Å²) >= 11 is 0. The first-order chi connectivity index (χ1) is 39.0. The molecule has 1 atom stereocenters. The minimum atomic E-state index is -0.775. The highest BCUT2D eigenvalue weighted by atomic mass is 16.6. The van der Waals surface area contributed by atoms with Crippen LogP contribution in [0.25, 0.3) is 0 Å². The molecular weight excluding hydrogens is 973 g/mol. The molecule has 0 spiro atoms. The van der Waals surface area contributed by atoms with Gasteiger partial charge in [0, 0.05) is 19.3 Å². The molecule has 0 fully saturated rings. The highest BCUT2D eigenvalue weighted by molar-refractivity contribution is 5.71. The third kappa shape index (κ3) is 66.6. The van der Waals surface area contributed by atoms with E-state index in [2.05, 4.69) is 45.1 Å². The highest BCUT2D eigenvalue weighted by Crippen LogP contribution is 2.19. The van der Waals surface area contributed by atoms with Crippen molar-refractivity contribution in [3.8, 4) is 0 Å². The topological polar surface area (TPSA) is 78.9 Å². The molecule has 6 nitrogen and oxygen atoms in total. The Balaban J connectivity index is 4.03. The first-order valence-corrected chi connectivity index (χ1v) is 35.8. The number of hydrogen-bond acceptors (Lipinski definition) is 6. The lowest BCUT2D eigenvalue weighted by Gasteiger charge is -2.18. The third-order valence-corrected chi connectivity index (χ3v) is 16.5. The van der Waals surface area contributed by atoms with Gasteiger partial charge >= 0.3 is 17.9 Å². The first kappa shape index (κ1) is 76.9. The predicted molar refractivity (Wildman–Crippen MR) is 344 cm³/mol. The Hall–Kier alpha value is -2.11. The van der Waals surface area contributed by atoms with Crippen LogP contribution in [0, 0.1) is 0 Å². The summed E-state index contributed by atoms with van der Waals surface area (Å²) in [5.41, 5.74) is 0. The number of unbranched alkanes of at least 4 members (excludes halogenated alkanes) is 52. The fraction of sp³-hybridized carbons (Fsp3) is 0.904. The Bertz CT molecular complexity index is 1270. The van der Waals surface area contributed by atoms with Gasteiger partial charge in [-0.15, -0.1) is 0 Å². The van der Waals surface area contributed by atoms with E-state index in [1.807, 2.05) is 0 Å². The van der Waals surface area contributed by atoms with Crippen molar-refractivity contribution in [2.24, 2.45) is 0 Å². The fourth-order valence-corrected chi connectivity index (χ4v) is 11.1. The van der Waals surface area contributed by atoms with Crippen molar-refractivity contribution in [1.82, 2.24) is 0 Å². The molecule has 0 saturated heterocycles. The van der Waals surface area contributed by atoms with Crippen LogP contribution in [0.4, 0.5) is 0 Å². The van der Waals surface area contributed by atoms with Crippen LogP contribution in [0.3, 0.4) is 0 Å². The maximum absolute atomic E-state index is 12.9. The maximum atomic E-state index is 12.9. The molecule has 0 saturated carbocycles. The van der Waals surface area contributed by atoms with Gasteiger partial charge in [0.15, 0.2) is 6.10 Å². The van der Waals surface area contributed by atoms with Gasteiger partial charge in [0.05, 0.1) is 0 Å². The highest BCUT2D eigenvalue weighted by Gasteiger charge is 2.19. The zero-order chi connectivity index (χ0) is 57.1. The van der Waals surface area contributed by atoms with E-state index in [0.29, 0.717) is 19.3 Å². The number of ether oxygens (including phenoxy) is 3. The normalized spacial score (nSPS) is 12.1. The molecule has 0 aliphatic carbocycles. The molecule has 0 aromatic heterocycles. The monoisotopic (exact) mass is 1110 g/mol. The minimum absolute atomic E-state index is 0.0711. The third-order valence-electron chi connectivity index (χ3n) is 16.5. The lowest BCUT2D eigenvalue weighted by molar-refractivity contribution is -0.167. The molecule has 0 aromatic rings. The van der Waals surface area contributed by atoms with Crippen LogP contribution in [0.5, 0.6) is 0 Å². The predicted octanol–water partition coefficient (Wildman–Crippen LogP) is 24.6. The Morgan fingerprint density at radius 2 is 0.456 bits per heavy atom. The second-order valence-corrected chi connectivity index (χ2v) is 24.5. The van der Waals surface area contributed by atoms with Crippen LogP contribution in [0.15, 0.2) is 24.3 Å². The van der Waals surface area contributed by atoms with Crippen molar-refractivity contribution < 1.29 is 28.6 Å². The molecule has 0 amide bonds. The molecule has 6 heteroatoms. The molecule has 1 unspecified atom stereocenters. The Morgan fingerprint density at radius 3 is 0.722 bits per heavy atom. The molecule has 0 aliphatic rings. The average molecular weight is 1110 g/mol. The van der Waals surface area contributed by atoms with Crippen LogP contribution >= 0.6 is 0 Å². The molecule has 0 heterocycles. The van der Waals surface area contributed by atoms with E-state index in [4.69, 9.17) is 14.2 Å². The molecule has 0 radical (unpaired) electrons. The van der Waals surface area contributed by atoms with Crippen molar-refractivity contribution in [2.45, 2.75) is 412 Å². The number of allylic oxidation sites excluding steroid dienone is 4. The van der Waals surface area contributed by atoms with E-state index in [-0.39, 0.29) is 31.1 Å². The van der Waals surface area contributed by atoms with Gasteiger partial charge in [0.1, 0.15) is 13.2 Å². The van der Waals surface area contributed by atoms with Crippen LogP contribution in [0.1, 0.15) is 406 Å². The molecule has 0 rings (SSSR count). The van der Waals surface area contributed by atoms with Crippen LogP contribution < -0.4 is 0 Å². The number of esters is 3. The Morgan fingerprint density at radius 1 is 0.253 bits per heavy atom. The Labute approximate surface area is 493 Å². The van der Waals surface area contributed by atoms with Gasteiger partial charge in [-0.1, -0.05) is 360 Å². The second kappa shape index (κ2) is 68.4. The lowest BCUT2D eigenvalue weighted by atomic mass is 10.0. The maximum Gasteiger partial charge on any atom is 0.306 e. The van der Waals surface area contributed by atoms with Crippen molar-refractivity contribution in [1.29, 1.82) is 0 Å². The van der Waals surface area contributed by atoms with Gasteiger partial charge in [-0.2, -0.15) is 0 Å². The van der Waals surface area contributed by atoms with E-state index in [1.54, 1.807) is 0 Å². The molecule has 466 valence electrons. The van der Waals surface area contributed by atoms with Gasteiger partial charge < -0.3 is 14.2 Å². The average Bonchev–Trinajstić information content (AvgIpc) is 3.45. The SMILES string of the molecule is CCCCC/C=C\C/C=C\CCCCCCCC(=O)OC(COC(=O)CCCCCCCCCCCCCC)COC(=O)CCCCCCCCCCCCCCCCCCCCCCCCCCCCCCCCCCCC. The van der Waals surface area contributed by atoms with E-state index in [9.17, 15) is 14.4 Å². The van der Waals surface area contributed by atoms with E-state index < -0.39 is 6.10 Å². The van der Waals surface area contributed by atoms with Gasteiger partial charge in [-0.25, -0.2) is 0 Å². The summed E-state index contributed by atoms with van der Waals surface area (Å²) in [5.74, 6) is -0.858. The first-order valence-electron chi connectivity index (χ1n) is 35.8. The zero-order valence-electron chi connectivity index (χ0n) is 53.7. The quantitative estimate of drug-likeness (QED) is 0.0261. The number of rotatable bonds is 67. The summed E-state index contributed by atoms with van der Waals surface area (Å²) in [6.45, 7) is 6.67. The van der Waals surface area contributed by atoms with Crippen LogP contribution in [-0.2, 0) is 28.6 Å². The molecule has 79 heavy (non-hydrogen) atoms. The molecule has 0 aliphatic heterocycles. The molecule has 0 aromatic carbocycles. The summed E-state index contributed by atoms with van der Waals surface area (Å²) in [7, 11) is 0. The molecule has 0 N–H and O–H groups in total. The van der Waals surface area contributed by atoms with Crippen molar-refractivity contribution in [3.05, 3.63) is 24.3 Å². The molecule has 0 bridgehead atoms. The van der Waals surface area contributed by atoms with Crippen molar-refractivity contribution in [3.63, 3.8) is 0 Å².